The quantitative estimate of drug-likeness (QED) is 0.235. The minimum atomic E-state index is 0. The van der Waals surface area contributed by atoms with Gasteiger partial charge in [0.2, 0.25) is 0 Å². The Bertz CT molecular complexity index is 599. The van der Waals surface area contributed by atoms with Crippen molar-refractivity contribution >= 4 is 35.8 Å². The van der Waals surface area contributed by atoms with Crippen LogP contribution in [0.5, 0.6) is 0 Å². The molecule has 6 nitrogen and oxygen atoms in total. The molecule has 1 aliphatic rings. The lowest BCUT2D eigenvalue weighted by Gasteiger charge is -2.13. The first-order chi connectivity index (χ1) is 13.1. The summed E-state index contributed by atoms with van der Waals surface area (Å²) in [6.45, 7) is 5.10. The fourth-order valence-corrected chi connectivity index (χ4v) is 3.11. The molecular weight excluding hydrogens is 467 g/mol. The molecular formula is C21H35IN4O2. The monoisotopic (exact) mass is 502 g/mol. The molecule has 1 amide bonds. The Morgan fingerprint density at radius 3 is 2.46 bits per heavy atom. The van der Waals surface area contributed by atoms with Crippen LogP contribution in [0.25, 0.3) is 0 Å². The zero-order valence-corrected chi connectivity index (χ0v) is 19.7. The molecule has 1 saturated carbocycles. The van der Waals surface area contributed by atoms with Gasteiger partial charge in [0.25, 0.3) is 5.91 Å². The number of carbonyl (C=O) groups is 1. The van der Waals surface area contributed by atoms with Crippen molar-refractivity contribution in [2.45, 2.75) is 51.7 Å². The van der Waals surface area contributed by atoms with Gasteiger partial charge in [-0.3, -0.25) is 4.79 Å². The number of ether oxygens (including phenoxy) is 1. The molecule has 0 radical (unpaired) electrons. The lowest BCUT2D eigenvalue weighted by Crippen LogP contribution is -2.38. The molecule has 0 bridgehead atoms. The highest BCUT2D eigenvalue weighted by atomic mass is 127. The van der Waals surface area contributed by atoms with Crippen molar-refractivity contribution in [3.63, 3.8) is 0 Å². The third-order valence-electron chi connectivity index (χ3n) is 4.64. The van der Waals surface area contributed by atoms with Gasteiger partial charge in [0.1, 0.15) is 0 Å². The average molecular weight is 502 g/mol. The first kappa shape index (κ1) is 24.7. The van der Waals surface area contributed by atoms with E-state index in [2.05, 4.69) is 22.5 Å². The van der Waals surface area contributed by atoms with Crippen molar-refractivity contribution in [3.8, 4) is 0 Å². The summed E-state index contributed by atoms with van der Waals surface area (Å²) < 4.78 is 5.89. The van der Waals surface area contributed by atoms with Gasteiger partial charge in [-0.25, -0.2) is 4.99 Å². The number of benzene rings is 1. The van der Waals surface area contributed by atoms with Gasteiger partial charge >= 0.3 is 0 Å². The second-order valence-corrected chi connectivity index (χ2v) is 7.15. The van der Waals surface area contributed by atoms with E-state index < -0.39 is 0 Å². The van der Waals surface area contributed by atoms with Crippen molar-refractivity contribution in [1.82, 2.24) is 15.5 Å². The van der Waals surface area contributed by atoms with Gasteiger partial charge in [-0.2, -0.15) is 0 Å². The zero-order valence-electron chi connectivity index (χ0n) is 17.4. The third kappa shape index (κ3) is 8.77. The van der Waals surface area contributed by atoms with Crippen LogP contribution < -0.4 is 10.6 Å². The predicted molar refractivity (Wildman–Crippen MR) is 126 cm³/mol. The van der Waals surface area contributed by atoms with Crippen molar-refractivity contribution < 1.29 is 9.53 Å². The van der Waals surface area contributed by atoms with Gasteiger partial charge in [-0.1, -0.05) is 25.0 Å². The fourth-order valence-electron chi connectivity index (χ4n) is 3.11. The number of halogens is 1. The summed E-state index contributed by atoms with van der Waals surface area (Å²) in [5, 5.41) is 6.63. The molecule has 7 heteroatoms. The minimum absolute atomic E-state index is 0. The molecule has 0 spiro atoms. The molecule has 28 heavy (non-hydrogen) atoms. The molecule has 2 rings (SSSR count). The largest absolute Gasteiger partial charge is 0.378 e. The second-order valence-electron chi connectivity index (χ2n) is 7.15. The molecule has 1 aromatic rings. The van der Waals surface area contributed by atoms with Crippen LogP contribution >= 0.6 is 24.0 Å². The summed E-state index contributed by atoms with van der Waals surface area (Å²) in [5.74, 6) is 0.826. The molecule has 1 aromatic carbocycles. The normalized spacial score (nSPS) is 14.5. The maximum absolute atomic E-state index is 11.9. The third-order valence-corrected chi connectivity index (χ3v) is 4.64. The van der Waals surface area contributed by atoms with Crippen LogP contribution in [0.4, 0.5) is 0 Å². The first-order valence-corrected chi connectivity index (χ1v) is 10.0. The van der Waals surface area contributed by atoms with Crippen molar-refractivity contribution in [3.05, 3.63) is 35.4 Å². The maximum atomic E-state index is 11.9. The van der Waals surface area contributed by atoms with E-state index in [4.69, 9.17) is 4.74 Å². The summed E-state index contributed by atoms with van der Waals surface area (Å²) >= 11 is 0. The average Bonchev–Trinajstić information content (AvgIpc) is 3.19. The van der Waals surface area contributed by atoms with E-state index in [9.17, 15) is 4.79 Å². The van der Waals surface area contributed by atoms with Gasteiger partial charge < -0.3 is 20.3 Å². The van der Waals surface area contributed by atoms with E-state index in [1.165, 1.54) is 25.7 Å². The molecule has 0 unspecified atom stereocenters. The van der Waals surface area contributed by atoms with Crippen molar-refractivity contribution in [2.75, 3.05) is 33.8 Å². The SMILES string of the molecule is CCNC(=NCc1ccc(C(=O)N(C)C)cc1)NCCCOC1CCCC1.I. The van der Waals surface area contributed by atoms with Gasteiger partial charge in [0.15, 0.2) is 5.96 Å². The van der Waals surface area contributed by atoms with Crippen LogP contribution in [0.2, 0.25) is 0 Å². The Hall–Kier alpha value is -1.35. The summed E-state index contributed by atoms with van der Waals surface area (Å²) in [4.78, 5) is 18.1. The molecule has 2 N–H and O–H groups in total. The molecule has 0 atom stereocenters. The summed E-state index contributed by atoms with van der Waals surface area (Å²) in [6.07, 6.45) is 6.51. The van der Waals surface area contributed by atoms with E-state index in [0.29, 0.717) is 18.2 Å². The van der Waals surface area contributed by atoms with Gasteiger partial charge in [0, 0.05) is 39.4 Å². The van der Waals surface area contributed by atoms with Crippen LogP contribution in [0, 0.1) is 0 Å². The van der Waals surface area contributed by atoms with E-state index >= 15 is 0 Å². The second kappa shape index (κ2) is 13.8. The zero-order chi connectivity index (χ0) is 19.5. The van der Waals surface area contributed by atoms with Crippen LogP contribution in [0.3, 0.4) is 0 Å². The molecule has 0 saturated heterocycles. The van der Waals surface area contributed by atoms with Crippen molar-refractivity contribution in [1.29, 1.82) is 0 Å². The number of guanidine groups is 1. The van der Waals surface area contributed by atoms with Gasteiger partial charge in [0.05, 0.1) is 12.6 Å². The summed E-state index contributed by atoms with van der Waals surface area (Å²) in [6, 6.07) is 7.63. The molecule has 0 aromatic heterocycles. The van der Waals surface area contributed by atoms with Crippen LogP contribution in [-0.2, 0) is 11.3 Å². The minimum Gasteiger partial charge on any atom is -0.378 e. The fraction of sp³-hybridized carbons (Fsp3) is 0.619. The van der Waals surface area contributed by atoms with Gasteiger partial charge in [-0.05, 0) is 43.9 Å². The lowest BCUT2D eigenvalue weighted by atomic mass is 10.1. The Balaban J connectivity index is 0.00000392. The Kier molecular flexibility index (Phi) is 12.1. The van der Waals surface area contributed by atoms with E-state index in [1.807, 2.05) is 24.3 Å². The van der Waals surface area contributed by atoms with Crippen LogP contribution in [0.1, 0.15) is 54.9 Å². The van der Waals surface area contributed by atoms with Crippen LogP contribution in [0.15, 0.2) is 29.3 Å². The Morgan fingerprint density at radius 1 is 1.18 bits per heavy atom. The molecule has 0 heterocycles. The number of rotatable bonds is 9. The number of nitrogens with zero attached hydrogens (tertiary/aromatic N) is 2. The van der Waals surface area contributed by atoms with E-state index in [-0.39, 0.29) is 29.9 Å². The standard InChI is InChI=1S/C21H34N4O2.HI/c1-4-22-21(23-14-7-15-27-19-8-5-6-9-19)24-16-17-10-12-18(13-11-17)20(26)25(2)3;/h10-13,19H,4-9,14-16H2,1-3H3,(H2,22,23,24);1H. The number of hydrogen-bond acceptors (Lipinski definition) is 3. The van der Waals surface area contributed by atoms with Crippen molar-refractivity contribution in [2.24, 2.45) is 4.99 Å². The summed E-state index contributed by atoms with van der Waals surface area (Å²) in [7, 11) is 3.52. The topological polar surface area (TPSA) is 66.0 Å². The lowest BCUT2D eigenvalue weighted by molar-refractivity contribution is 0.0574. The first-order valence-electron chi connectivity index (χ1n) is 10.0. The Labute approximate surface area is 186 Å². The highest BCUT2D eigenvalue weighted by Crippen LogP contribution is 2.20. The predicted octanol–water partition coefficient (Wildman–Crippen LogP) is 3.41. The number of hydrogen-bond donors (Lipinski definition) is 2. The summed E-state index contributed by atoms with van der Waals surface area (Å²) in [5.41, 5.74) is 1.77. The number of nitrogens with one attached hydrogen (secondary N) is 2. The molecule has 1 aliphatic carbocycles. The number of carbonyl (C=O) groups excluding carboxylic acids is 1. The highest BCUT2D eigenvalue weighted by molar-refractivity contribution is 14.0. The number of aliphatic imine (C=N–C) groups is 1. The molecule has 158 valence electrons. The maximum Gasteiger partial charge on any atom is 0.253 e. The molecule has 0 aliphatic heterocycles. The van der Waals surface area contributed by atoms with Gasteiger partial charge in [-0.15, -0.1) is 24.0 Å². The van der Waals surface area contributed by atoms with Crippen LogP contribution in [-0.4, -0.2) is 56.7 Å². The number of amides is 1. The Morgan fingerprint density at radius 2 is 1.86 bits per heavy atom. The molecule has 1 fully saturated rings. The highest BCUT2D eigenvalue weighted by Gasteiger charge is 2.14. The van der Waals surface area contributed by atoms with E-state index in [0.717, 1.165) is 37.6 Å². The smallest absolute Gasteiger partial charge is 0.253 e. The van der Waals surface area contributed by atoms with E-state index in [1.54, 1.807) is 19.0 Å².